The van der Waals surface area contributed by atoms with E-state index in [0.717, 1.165) is 22.1 Å². The Morgan fingerprint density at radius 2 is 1.46 bits per heavy atom. The molecule has 24 heavy (non-hydrogen) atoms. The predicted molar refractivity (Wildman–Crippen MR) is 106 cm³/mol. The van der Waals surface area contributed by atoms with Gasteiger partial charge >= 0.3 is 0 Å². The van der Waals surface area contributed by atoms with Crippen molar-refractivity contribution in [3.63, 3.8) is 0 Å². The second kappa shape index (κ2) is 6.89. The van der Waals surface area contributed by atoms with Crippen LogP contribution in [-0.4, -0.2) is 10.2 Å². The quantitative estimate of drug-likeness (QED) is 0.554. The van der Waals surface area contributed by atoms with Crippen molar-refractivity contribution in [3.8, 4) is 5.75 Å². The fraction of sp³-hybridized carbons (Fsp3) is 0.150. The van der Waals surface area contributed by atoms with Crippen molar-refractivity contribution in [2.45, 2.75) is 19.8 Å². The highest BCUT2D eigenvalue weighted by atomic mass is 32.1. The van der Waals surface area contributed by atoms with Crippen molar-refractivity contribution in [1.29, 1.82) is 0 Å². The molecule has 0 heterocycles. The van der Waals surface area contributed by atoms with Crippen molar-refractivity contribution in [3.05, 3.63) is 66.2 Å². The van der Waals surface area contributed by atoms with Gasteiger partial charge in [-0.3, -0.25) is 0 Å². The van der Waals surface area contributed by atoms with Gasteiger partial charge in [-0.25, -0.2) is 0 Å². The van der Waals surface area contributed by atoms with Gasteiger partial charge in [-0.2, -0.15) is 0 Å². The van der Waals surface area contributed by atoms with Gasteiger partial charge in [0.25, 0.3) is 0 Å². The van der Waals surface area contributed by atoms with Crippen LogP contribution in [0.5, 0.6) is 5.75 Å². The van der Waals surface area contributed by atoms with Crippen LogP contribution in [-0.2, 0) is 0 Å². The Bertz CT molecular complexity index is 890. The van der Waals surface area contributed by atoms with Crippen LogP contribution < -0.4 is 10.6 Å². The SMILES string of the molecule is CC(C)c1ccccc1NC(=S)Nc1cccc2c(O)cccc12. The van der Waals surface area contributed by atoms with Crippen LogP contribution in [0.15, 0.2) is 60.7 Å². The minimum atomic E-state index is 0.264. The Labute approximate surface area is 147 Å². The molecule has 0 amide bonds. The number of nitrogens with one attached hydrogen (secondary N) is 2. The molecule has 0 aliphatic heterocycles. The minimum Gasteiger partial charge on any atom is -0.507 e. The molecule has 3 nitrogen and oxygen atoms in total. The van der Waals surface area contributed by atoms with Crippen molar-refractivity contribution in [2.75, 3.05) is 10.6 Å². The van der Waals surface area contributed by atoms with Crippen molar-refractivity contribution in [1.82, 2.24) is 0 Å². The number of hydrogen-bond donors (Lipinski definition) is 3. The summed E-state index contributed by atoms with van der Waals surface area (Å²) in [7, 11) is 0. The van der Waals surface area contributed by atoms with E-state index in [1.54, 1.807) is 6.07 Å². The lowest BCUT2D eigenvalue weighted by Crippen LogP contribution is -2.20. The van der Waals surface area contributed by atoms with Gasteiger partial charge in [-0.1, -0.05) is 56.3 Å². The van der Waals surface area contributed by atoms with Gasteiger partial charge in [0.2, 0.25) is 0 Å². The second-order valence-electron chi connectivity index (χ2n) is 6.00. The Morgan fingerprint density at radius 3 is 2.25 bits per heavy atom. The molecule has 4 heteroatoms. The molecule has 0 aromatic heterocycles. The third kappa shape index (κ3) is 3.34. The van der Waals surface area contributed by atoms with E-state index in [4.69, 9.17) is 12.2 Å². The first-order valence-corrected chi connectivity index (χ1v) is 8.34. The largest absolute Gasteiger partial charge is 0.507 e. The van der Waals surface area contributed by atoms with Gasteiger partial charge in [0.05, 0.1) is 0 Å². The maximum atomic E-state index is 9.99. The Kier molecular flexibility index (Phi) is 4.67. The summed E-state index contributed by atoms with van der Waals surface area (Å²) < 4.78 is 0. The Balaban J connectivity index is 1.85. The Hall–Kier alpha value is -2.59. The average Bonchev–Trinajstić information content (AvgIpc) is 2.56. The molecule has 3 aromatic rings. The number of benzene rings is 3. The summed E-state index contributed by atoms with van der Waals surface area (Å²) in [5, 5.41) is 18.8. The van der Waals surface area contributed by atoms with Crippen LogP contribution in [0.2, 0.25) is 0 Å². The molecule has 0 atom stereocenters. The molecular formula is C20H20N2OS. The van der Waals surface area contributed by atoms with E-state index in [0.29, 0.717) is 11.0 Å². The lowest BCUT2D eigenvalue weighted by molar-refractivity contribution is 0.481. The molecule has 3 N–H and O–H groups in total. The smallest absolute Gasteiger partial charge is 0.175 e. The number of thiocarbonyl (C=S) groups is 1. The van der Waals surface area contributed by atoms with E-state index in [1.807, 2.05) is 48.5 Å². The van der Waals surface area contributed by atoms with Crippen LogP contribution in [0.25, 0.3) is 10.8 Å². The highest BCUT2D eigenvalue weighted by molar-refractivity contribution is 7.80. The van der Waals surface area contributed by atoms with Crippen LogP contribution >= 0.6 is 12.2 Å². The topological polar surface area (TPSA) is 44.3 Å². The van der Waals surface area contributed by atoms with Crippen molar-refractivity contribution in [2.24, 2.45) is 0 Å². The van der Waals surface area contributed by atoms with Crippen LogP contribution in [0, 0.1) is 0 Å². The van der Waals surface area contributed by atoms with Crippen LogP contribution in [0.1, 0.15) is 25.3 Å². The zero-order valence-corrected chi connectivity index (χ0v) is 14.5. The van der Waals surface area contributed by atoms with Gasteiger partial charge in [0.15, 0.2) is 5.11 Å². The summed E-state index contributed by atoms with van der Waals surface area (Å²) >= 11 is 5.48. The average molecular weight is 336 g/mol. The molecule has 0 unspecified atom stereocenters. The number of aromatic hydroxyl groups is 1. The lowest BCUT2D eigenvalue weighted by Gasteiger charge is -2.17. The molecule has 3 aromatic carbocycles. The molecular weight excluding hydrogens is 316 g/mol. The number of fused-ring (bicyclic) bond motifs is 1. The highest BCUT2D eigenvalue weighted by Crippen LogP contribution is 2.30. The second-order valence-corrected chi connectivity index (χ2v) is 6.41. The summed E-state index contributed by atoms with van der Waals surface area (Å²) in [4.78, 5) is 0. The molecule has 0 aliphatic rings. The summed E-state index contributed by atoms with van der Waals surface area (Å²) in [6.45, 7) is 4.31. The molecule has 0 spiro atoms. The predicted octanol–water partition coefficient (Wildman–Crippen LogP) is 5.48. The number of rotatable bonds is 3. The fourth-order valence-electron chi connectivity index (χ4n) is 2.79. The zero-order chi connectivity index (χ0) is 17.1. The number of para-hydroxylation sites is 1. The third-order valence-corrected chi connectivity index (χ3v) is 4.18. The number of phenolic OH excluding ortho intramolecular Hbond substituents is 1. The van der Waals surface area contributed by atoms with Gasteiger partial charge in [0, 0.05) is 22.1 Å². The minimum absolute atomic E-state index is 0.264. The van der Waals surface area contributed by atoms with E-state index >= 15 is 0 Å². The van der Waals surface area contributed by atoms with Gasteiger partial charge in [0.1, 0.15) is 5.75 Å². The van der Waals surface area contributed by atoms with E-state index in [2.05, 4.69) is 30.5 Å². The fourth-order valence-corrected chi connectivity index (χ4v) is 3.01. The van der Waals surface area contributed by atoms with Crippen molar-refractivity contribution >= 4 is 39.5 Å². The van der Waals surface area contributed by atoms with Gasteiger partial charge < -0.3 is 15.7 Å². The Morgan fingerprint density at radius 1 is 0.833 bits per heavy atom. The first-order chi connectivity index (χ1) is 11.6. The van der Waals surface area contributed by atoms with E-state index in [-0.39, 0.29) is 5.75 Å². The summed E-state index contributed by atoms with van der Waals surface area (Å²) in [6.07, 6.45) is 0. The maximum absolute atomic E-state index is 9.99. The normalized spacial score (nSPS) is 10.8. The summed E-state index contributed by atoms with van der Waals surface area (Å²) in [6, 6.07) is 19.4. The molecule has 3 rings (SSSR count). The van der Waals surface area contributed by atoms with E-state index in [9.17, 15) is 5.11 Å². The van der Waals surface area contributed by atoms with Gasteiger partial charge in [-0.15, -0.1) is 0 Å². The molecule has 0 bridgehead atoms. The highest BCUT2D eigenvalue weighted by Gasteiger charge is 2.09. The number of anilines is 2. The standard InChI is InChI=1S/C20H20N2OS/c1-13(2)14-7-3-4-10-17(14)21-20(24)22-18-11-5-9-16-15(18)8-6-12-19(16)23/h3-13,23H,1-2H3,(H2,21,22,24). The maximum Gasteiger partial charge on any atom is 0.175 e. The molecule has 0 saturated carbocycles. The third-order valence-electron chi connectivity index (χ3n) is 3.98. The lowest BCUT2D eigenvalue weighted by atomic mass is 10.0. The molecule has 0 saturated heterocycles. The summed E-state index contributed by atoms with van der Waals surface area (Å²) in [5.74, 6) is 0.672. The molecule has 122 valence electrons. The number of phenols is 1. The molecule has 0 fully saturated rings. The summed E-state index contributed by atoms with van der Waals surface area (Å²) in [5.41, 5.74) is 3.09. The monoisotopic (exact) mass is 336 g/mol. The van der Waals surface area contributed by atoms with Crippen molar-refractivity contribution < 1.29 is 5.11 Å². The van der Waals surface area contributed by atoms with Crippen LogP contribution in [0.3, 0.4) is 0 Å². The first-order valence-electron chi connectivity index (χ1n) is 7.94. The van der Waals surface area contributed by atoms with E-state index in [1.165, 1.54) is 5.56 Å². The molecule has 0 aliphatic carbocycles. The van der Waals surface area contributed by atoms with E-state index < -0.39 is 0 Å². The van der Waals surface area contributed by atoms with Gasteiger partial charge in [-0.05, 0) is 41.9 Å². The van der Waals surface area contributed by atoms with Crippen LogP contribution in [0.4, 0.5) is 11.4 Å². The zero-order valence-electron chi connectivity index (χ0n) is 13.7. The molecule has 0 radical (unpaired) electrons. The first kappa shape index (κ1) is 16.3. The number of hydrogen-bond acceptors (Lipinski definition) is 2.